The summed E-state index contributed by atoms with van der Waals surface area (Å²) in [6.45, 7) is 12.9. The average Bonchev–Trinajstić information content (AvgIpc) is 2.24. The molecule has 5 heteroatoms. The summed E-state index contributed by atoms with van der Waals surface area (Å²) in [5.74, 6) is 0. The van der Waals surface area contributed by atoms with Gasteiger partial charge in [0, 0.05) is 18.8 Å². The van der Waals surface area contributed by atoms with E-state index in [0.29, 0.717) is 11.4 Å². The van der Waals surface area contributed by atoms with Crippen molar-refractivity contribution < 1.29 is 8.42 Å². The predicted molar refractivity (Wildman–Crippen MR) is 84.7 cm³/mol. The quantitative estimate of drug-likeness (QED) is 0.878. The molecular weight excluding hydrogens is 272 g/mol. The van der Waals surface area contributed by atoms with Gasteiger partial charge in [-0.2, -0.15) is 0 Å². The molecule has 0 heterocycles. The zero-order chi connectivity index (χ0) is 15.6. The van der Waals surface area contributed by atoms with Gasteiger partial charge >= 0.3 is 0 Å². The number of sulfonamides is 1. The van der Waals surface area contributed by atoms with Gasteiger partial charge in [-0.1, -0.05) is 20.8 Å². The molecule has 114 valence electrons. The van der Waals surface area contributed by atoms with E-state index in [4.69, 9.17) is 0 Å². The third-order valence-electron chi connectivity index (χ3n) is 2.90. The SMILES string of the molecule is CCNc1cc(C)c(S(=O)(=O)NCC(C)(C)C)c(C)c1. The molecule has 0 amide bonds. The van der Waals surface area contributed by atoms with Crippen LogP contribution in [0.4, 0.5) is 5.69 Å². The Labute approximate surface area is 123 Å². The molecule has 0 aliphatic carbocycles. The van der Waals surface area contributed by atoms with Gasteiger partial charge < -0.3 is 5.32 Å². The molecule has 0 bridgehead atoms. The van der Waals surface area contributed by atoms with Crippen LogP contribution in [0.15, 0.2) is 17.0 Å². The topological polar surface area (TPSA) is 58.2 Å². The molecule has 0 aliphatic heterocycles. The first kappa shape index (κ1) is 17.0. The third kappa shape index (κ3) is 4.49. The molecule has 0 fully saturated rings. The Balaban J connectivity index is 3.13. The fraction of sp³-hybridized carbons (Fsp3) is 0.600. The minimum Gasteiger partial charge on any atom is -0.385 e. The van der Waals surface area contributed by atoms with E-state index in [1.807, 2.05) is 53.7 Å². The first-order valence-electron chi connectivity index (χ1n) is 6.91. The lowest BCUT2D eigenvalue weighted by Crippen LogP contribution is -2.33. The van der Waals surface area contributed by atoms with Gasteiger partial charge in [-0.15, -0.1) is 0 Å². The number of nitrogens with one attached hydrogen (secondary N) is 2. The van der Waals surface area contributed by atoms with Crippen molar-refractivity contribution in [3.05, 3.63) is 23.3 Å². The van der Waals surface area contributed by atoms with E-state index in [0.717, 1.165) is 23.4 Å². The first-order chi connectivity index (χ1) is 9.07. The van der Waals surface area contributed by atoms with E-state index in [2.05, 4.69) is 10.0 Å². The Morgan fingerprint density at radius 3 is 2.00 bits per heavy atom. The average molecular weight is 298 g/mol. The van der Waals surface area contributed by atoms with Crippen LogP contribution in [0.1, 0.15) is 38.8 Å². The van der Waals surface area contributed by atoms with Crippen molar-refractivity contribution in [1.82, 2.24) is 4.72 Å². The van der Waals surface area contributed by atoms with Crippen LogP contribution in [0.25, 0.3) is 0 Å². The number of anilines is 1. The minimum absolute atomic E-state index is 0.0847. The molecule has 0 radical (unpaired) electrons. The summed E-state index contributed by atoms with van der Waals surface area (Å²) in [5.41, 5.74) is 2.40. The van der Waals surface area contributed by atoms with Gasteiger partial charge in [0.05, 0.1) is 4.90 Å². The maximum atomic E-state index is 12.5. The molecule has 0 spiro atoms. The minimum atomic E-state index is -3.46. The van der Waals surface area contributed by atoms with E-state index in [9.17, 15) is 8.42 Å². The zero-order valence-corrected chi connectivity index (χ0v) is 14.1. The van der Waals surface area contributed by atoms with Crippen LogP contribution in [0, 0.1) is 19.3 Å². The first-order valence-corrected chi connectivity index (χ1v) is 8.40. The van der Waals surface area contributed by atoms with Crippen molar-refractivity contribution >= 4 is 15.7 Å². The van der Waals surface area contributed by atoms with Crippen molar-refractivity contribution in [3.8, 4) is 0 Å². The standard InChI is InChI=1S/C15H26N2O2S/c1-7-16-13-8-11(2)14(12(3)9-13)20(18,19)17-10-15(4,5)6/h8-9,16-17H,7,10H2,1-6H3. The summed E-state index contributed by atoms with van der Waals surface area (Å²) in [7, 11) is -3.46. The van der Waals surface area contributed by atoms with Gasteiger partial charge in [0.15, 0.2) is 0 Å². The van der Waals surface area contributed by atoms with Gasteiger partial charge in [-0.05, 0) is 49.4 Å². The molecule has 2 N–H and O–H groups in total. The van der Waals surface area contributed by atoms with Crippen LogP contribution < -0.4 is 10.0 Å². The van der Waals surface area contributed by atoms with Gasteiger partial charge in [-0.25, -0.2) is 13.1 Å². The lowest BCUT2D eigenvalue weighted by Gasteiger charge is -2.20. The molecule has 4 nitrogen and oxygen atoms in total. The highest BCUT2D eigenvalue weighted by molar-refractivity contribution is 7.89. The number of aryl methyl sites for hydroxylation is 2. The van der Waals surface area contributed by atoms with E-state index in [1.54, 1.807) is 0 Å². The van der Waals surface area contributed by atoms with Crippen LogP contribution in [0.5, 0.6) is 0 Å². The largest absolute Gasteiger partial charge is 0.385 e. The molecule has 1 aromatic carbocycles. The monoisotopic (exact) mass is 298 g/mol. The predicted octanol–water partition coefficient (Wildman–Crippen LogP) is 3.06. The highest BCUT2D eigenvalue weighted by Crippen LogP contribution is 2.25. The highest BCUT2D eigenvalue weighted by Gasteiger charge is 2.22. The second-order valence-corrected chi connectivity index (χ2v) is 8.06. The van der Waals surface area contributed by atoms with E-state index in [1.165, 1.54) is 0 Å². The molecule has 0 unspecified atom stereocenters. The van der Waals surface area contributed by atoms with Crippen LogP contribution in [0.2, 0.25) is 0 Å². The second kappa shape index (κ2) is 6.14. The molecule has 1 aromatic rings. The van der Waals surface area contributed by atoms with Crippen molar-refractivity contribution in [1.29, 1.82) is 0 Å². The van der Waals surface area contributed by atoms with Gasteiger partial charge in [-0.3, -0.25) is 0 Å². The summed E-state index contributed by atoms with van der Waals surface area (Å²) in [4.78, 5) is 0.392. The molecule has 0 saturated heterocycles. The van der Waals surface area contributed by atoms with Crippen LogP contribution in [0.3, 0.4) is 0 Å². The third-order valence-corrected chi connectivity index (χ3v) is 4.61. The Morgan fingerprint density at radius 2 is 1.60 bits per heavy atom. The van der Waals surface area contributed by atoms with E-state index < -0.39 is 10.0 Å². The Hall–Kier alpha value is -1.07. The molecular formula is C15H26N2O2S. The summed E-state index contributed by atoms with van der Waals surface area (Å²) in [6.07, 6.45) is 0. The van der Waals surface area contributed by atoms with Gasteiger partial charge in [0.25, 0.3) is 0 Å². The van der Waals surface area contributed by atoms with Crippen LogP contribution in [-0.2, 0) is 10.0 Å². The normalized spacial score (nSPS) is 12.5. The fourth-order valence-corrected chi connectivity index (χ4v) is 3.80. The Bertz CT molecular complexity index is 549. The summed E-state index contributed by atoms with van der Waals surface area (Å²) in [5, 5.41) is 3.21. The molecule has 0 atom stereocenters. The lowest BCUT2D eigenvalue weighted by molar-refractivity contribution is 0.407. The van der Waals surface area contributed by atoms with Crippen LogP contribution >= 0.6 is 0 Å². The van der Waals surface area contributed by atoms with E-state index >= 15 is 0 Å². The highest BCUT2D eigenvalue weighted by atomic mass is 32.2. The molecule has 0 aromatic heterocycles. The van der Waals surface area contributed by atoms with Gasteiger partial charge in [0.1, 0.15) is 0 Å². The summed E-state index contributed by atoms with van der Waals surface area (Å²) < 4.78 is 27.6. The lowest BCUT2D eigenvalue weighted by atomic mass is 9.98. The van der Waals surface area contributed by atoms with Crippen molar-refractivity contribution in [3.63, 3.8) is 0 Å². The Kier molecular flexibility index (Phi) is 5.21. The van der Waals surface area contributed by atoms with Gasteiger partial charge in [0.2, 0.25) is 10.0 Å². The van der Waals surface area contributed by atoms with Crippen molar-refractivity contribution in [2.45, 2.75) is 46.4 Å². The molecule has 1 rings (SSSR count). The summed E-state index contributed by atoms with van der Waals surface area (Å²) >= 11 is 0. The molecule has 0 saturated carbocycles. The van der Waals surface area contributed by atoms with Crippen molar-refractivity contribution in [2.24, 2.45) is 5.41 Å². The maximum Gasteiger partial charge on any atom is 0.241 e. The Morgan fingerprint density at radius 1 is 1.10 bits per heavy atom. The molecule has 20 heavy (non-hydrogen) atoms. The zero-order valence-electron chi connectivity index (χ0n) is 13.3. The number of hydrogen-bond donors (Lipinski definition) is 2. The number of hydrogen-bond acceptors (Lipinski definition) is 3. The molecule has 0 aliphatic rings. The fourth-order valence-electron chi connectivity index (χ4n) is 2.06. The van der Waals surface area contributed by atoms with Crippen LogP contribution in [-0.4, -0.2) is 21.5 Å². The van der Waals surface area contributed by atoms with E-state index in [-0.39, 0.29) is 5.41 Å². The van der Waals surface area contributed by atoms with Crippen molar-refractivity contribution in [2.75, 3.05) is 18.4 Å². The number of benzene rings is 1. The number of rotatable bonds is 5. The summed E-state index contributed by atoms with van der Waals surface area (Å²) in [6, 6.07) is 3.75. The smallest absolute Gasteiger partial charge is 0.241 e. The second-order valence-electron chi connectivity index (χ2n) is 6.35. The maximum absolute atomic E-state index is 12.5.